The first-order valence-corrected chi connectivity index (χ1v) is 6.68. The molecule has 0 spiro atoms. The molecule has 0 saturated carbocycles. The van der Waals surface area contributed by atoms with Crippen LogP contribution in [0.5, 0.6) is 0 Å². The van der Waals surface area contributed by atoms with Gasteiger partial charge in [0.1, 0.15) is 4.32 Å². The van der Waals surface area contributed by atoms with Crippen LogP contribution in [0.3, 0.4) is 0 Å². The van der Waals surface area contributed by atoms with Crippen LogP contribution in [0.1, 0.15) is 23.2 Å². The lowest BCUT2D eigenvalue weighted by molar-refractivity contribution is -0.125. The van der Waals surface area contributed by atoms with Crippen molar-refractivity contribution in [2.75, 3.05) is 5.75 Å². The van der Waals surface area contributed by atoms with Crippen molar-refractivity contribution in [2.45, 2.75) is 12.8 Å². The third-order valence-corrected chi connectivity index (χ3v) is 3.87. The molecule has 1 saturated heterocycles. The van der Waals surface area contributed by atoms with E-state index >= 15 is 0 Å². The zero-order chi connectivity index (χ0) is 12.3. The number of thioether (sulfide) groups is 1. The van der Waals surface area contributed by atoms with E-state index in [1.54, 1.807) is 24.3 Å². The fourth-order valence-electron chi connectivity index (χ4n) is 1.57. The highest BCUT2D eigenvalue weighted by molar-refractivity contribution is 8.23. The van der Waals surface area contributed by atoms with Crippen LogP contribution in [0.15, 0.2) is 30.3 Å². The molecule has 17 heavy (non-hydrogen) atoms. The Morgan fingerprint density at radius 3 is 2.71 bits per heavy atom. The van der Waals surface area contributed by atoms with Gasteiger partial charge in [0.25, 0.3) is 5.91 Å². The molecule has 0 unspecified atom stereocenters. The maximum Gasteiger partial charge on any atom is 0.266 e. The number of rotatable bonds is 1. The number of imide groups is 1. The van der Waals surface area contributed by atoms with Gasteiger partial charge in [-0.15, -0.1) is 0 Å². The van der Waals surface area contributed by atoms with E-state index in [1.165, 1.54) is 11.8 Å². The Morgan fingerprint density at radius 1 is 1.29 bits per heavy atom. The van der Waals surface area contributed by atoms with Gasteiger partial charge in [0.15, 0.2) is 0 Å². The normalized spacial score (nSPS) is 16.8. The van der Waals surface area contributed by atoms with Gasteiger partial charge in [0.05, 0.1) is 0 Å². The molecule has 1 aliphatic heterocycles. The molecule has 1 aliphatic rings. The van der Waals surface area contributed by atoms with Crippen LogP contribution in [-0.2, 0) is 4.79 Å². The second-order valence-corrected chi connectivity index (χ2v) is 5.35. The Morgan fingerprint density at radius 2 is 2.00 bits per heavy atom. The van der Waals surface area contributed by atoms with Gasteiger partial charge in [0, 0.05) is 17.7 Å². The van der Waals surface area contributed by atoms with Crippen LogP contribution in [0, 0.1) is 0 Å². The zero-order valence-electron chi connectivity index (χ0n) is 9.09. The number of amides is 2. The Balaban J connectivity index is 2.28. The topological polar surface area (TPSA) is 37.4 Å². The molecule has 1 aromatic rings. The minimum absolute atomic E-state index is 0.200. The van der Waals surface area contributed by atoms with Crippen LogP contribution in [0.2, 0.25) is 0 Å². The minimum Gasteiger partial charge on any atom is -0.274 e. The molecule has 2 amide bonds. The van der Waals surface area contributed by atoms with Crippen LogP contribution >= 0.6 is 24.0 Å². The van der Waals surface area contributed by atoms with Crippen LogP contribution in [0.25, 0.3) is 0 Å². The lowest BCUT2D eigenvalue weighted by Gasteiger charge is -2.18. The monoisotopic (exact) mass is 265 g/mol. The highest BCUT2D eigenvalue weighted by atomic mass is 32.2. The largest absolute Gasteiger partial charge is 0.274 e. The van der Waals surface area contributed by atoms with E-state index < -0.39 is 0 Å². The number of benzene rings is 1. The van der Waals surface area contributed by atoms with Gasteiger partial charge in [0.2, 0.25) is 5.91 Å². The molecule has 1 heterocycles. The predicted octanol–water partition coefficient (Wildman–Crippen LogP) is 2.47. The number of nitrogens with zero attached hydrogens (tertiary/aromatic N) is 1. The Labute approximate surface area is 109 Å². The number of thiocarbonyl (C=S) groups is 1. The molecular weight excluding hydrogens is 254 g/mol. The fraction of sp³-hybridized carbons (Fsp3) is 0.250. The van der Waals surface area contributed by atoms with Gasteiger partial charge < -0.3 is 0 Å². The fourth-order valence-corrected chi connectivity index (χ4v) is 2.78. The van der Waals surface area contributed by atoms with Crippen molar-refractivity contribution in [2.24, 2.45) is 0 Å². The smallest absolute Gasteiger partial charge is 0.266 e. The first-order chi connectivity index (χ1) is 8.20. The summed E-state index contributed by atoms with van der Waals surface area (Å²) < 4.78 is 0.362. The van der Waals surface area contributed by atoms with E-state index in [1.807, 2.05) is 6.07 Å². The van der Waals surface area contributed by atoms with Crippen LogP contribution in [-0.4, -0.2) is 26.8 Å². The summed E-state index contributed by atoms with van der Waals surface area (Å²) in [7, 11) is 0. The average Bonchev–Trinajstić information content (AvgIpc) is 2.51. The molecule has 0 aromatic heterocycles. The summed E-state index contributed by atoms with van der Waals surface area (Å²) in [6.07, 6.45) is 1.15. The molecule has 0 aliphatic carbocycles. The van der Waals surface area contributed by atoms with Crippen molar-refractivity contribution in [1.29, 1.82) is 0 Å². The van der Waals surface area contributed by atoms with Gasteiger partial charge in [-0.3, -0.25) is 9.59 Å². The third kappa shape index (κ3) is 2.73. The van der Waals surface area contributed by atoms with Crippen LogP contribution in [0.4, 0.5) is 0 Å². The van der Waals surface area contributed by atoms with Crippen molar-refractivity contribution in [1.82, 2.24) is 4.90 Å². The first-order valence-electron chi connectivity index (χ1n) is 5.29. The predicted molar refractivity (Wildman–Crippen MR) is 71.9 cm³/mol. The summed E-state index contributed by atoms with van der Waals surface area (Å²) in [6, 6.07) is 8.74. The van der Waals surface area contributed by atoms with E-state index in [4.69, 9.17) is 12.2 Å². The Kier molecular flexibility index (Phi) is 3.91. The van der Waals surface area contributed by atoms with Crippen molar-refractivity contribution in [3.05, 3.63) is 35.9 Å². The lowest BCUT2D eigenvalue weighted by atomic mass is 10.2. The molecule has 0 N–H and O–H groups in total. The molecule has 5 heteroatoms. The van der Waals surface area contributed by atoms with Crippen molar-refractivity contribution < 1.29 is 9.59 Å². The molecule has 88 valence electrons. The van der Waals surface area contributed by atoms with Crippen LogP contribution < -0.4 is 0 Å². The van der Waals surface area contributed by atoms with E-state index in [0.717, 1.165) is 17.1 Å². The molecule has 0 bridgehead atoms. The number of carbonyl (C=O) groups is 2. The first kappa shape index (κ1) is 12.3. The Hall–Kier alpha value is -1.20. The SMILES string of the molecule is O=C1CCCSC(=S)N1C(=O)c1ccccc1. The Bertz CT molecular complexity index is 441. The van der Waals surface area contributed by atoms with E-state index in [-0.39, 0.29) is 11.8 Å². The molecule has 3 nitrogen and oxygen atoms in total. The van der Waals surface area contributed by atoms with Gasteiger partial charge in [-0.2, -0.15) is 0 Å². The van der Waals surface area contributed by atoms with E-state index in [0.29, 0.717) is 16.3 Å². The van der Waals surface area contributed by atoms with Crippen molar-refractivity contribution in [3.8, 4) is 0 Å². The summed E-state index contributed by atoms with van der Waals surface area (Å²) in [5.41, 5.74) is 0.491. The maximum atomic E-state index is 12.2. The highest BCUT2D eigenvalue weighted by Crippen LogP contribution is 2.20. The maximum absolute atomic E-state index is 12.2. The van der Waals surface area contributed by atoms with Crippen molar-refractivity contribution >= 4 is 40.1 Å². The molecule has 0 radical (unpaired) electrons. The minimum atomic E-state index is -0.324. The highest BCUT2D eigenvalue weighted by Gasteiger charge is 2.28. The second kappa shape index (κ2) is 5.42. The summed E-state index contributed by atoms with van der Waals surface area (Å²) in [5, 5.41) is 0. The van der Waals surface area contributed by atoms with Gasteiger partial charge in [-0.1, -0.05) is 42.2 Å². The number of carbonyl (C=O) groups excluding carboxylic acids is 2. The van der Waals surface area contributed by atoms with E-state index in [9.17, 15) is 9.59 Å². The summed E-state index contributed by atoms with van der Waals surface area (Å²) in [4.78, 5) is 25.1. The second-order valence-electron chi connectivity index (χ2n) is 3.62. The van der Waals surface area contributed by atoms with Gasteiger partial charge >= 0.3 is 0 Å². The molecule has 2 rings (SSSR count). The molecule has 0 atom stereocenters. The lowest BCUT2D eigenvalue weighted by Crippen LogP contribution is -2.38. The molecule has 1 fully saturated rings. The summed E-state index contributed by atoms with van der Waals surface area (Å²) in [5.74, 6) is 0.271. The van der Waals surface area contributed by atoms with E-state index in [2.05, 4.69) is 0 Å². The summed E-state index contributed by atoms with van der Waals surface area (Å²) in [6.45, 7) is 0. The molecular formula is C12H11NO2S2. The summed E-state index contributed by atoms with van der Waals surface area (Å²) >= 11 is 6.50. The average molecular weight is 265 g/mol. The third-order valence-electron chi connectivity index (χ3n) is 2.42. The van der Waals surface area contributed by atoms with Crippen molar-refractivity contribution in [3.63, 3.8) is 0 Å². The van der Waals surface area contributed by atoms with Gasteiger partial charge in [-0.05, 0) is 18.6 Å². The number of hydrogen-bond donors (Lipinski definition) is 0. The molecule has 1 aromatic carbocycles. The quantitative estimate of drug-likeness (QED) is 0.577. The number of hydrogen-bond acceptors (Lipinski definition) is 4. The zero-order valence-corrected chi connectivity index (χ0v) is 10.7. The standard InChI is InChI=1S/C12H11NO2S2/c14-10-7-4-8-17-12(16)13(10)11(15)9-5-2-1-3-6-9/h1-3,5-6H,4,7-8H2. The van der Waals surface area contributed by atoms with Gasteiger partial charge in [-0.25, -0.2) is 4.90 Å².